The van der Waals surface area contributed by atoms with Gasteiger partial charge in [0.05, 0.1) is 6.54 Å². The highest BCUT2D eigenvalue weighted by Crippen LogP contribution is 2.35. The molecule has 3 heteroatoms. The van der Waals surface area contributed by atoms with Gasteiger partial charge in [0, 0.05) is 12.1 Å². The van der Waals surface area contributed by atoms with Crippen LogP contribution in [0.2, 0.25) is 0 Å². The van der Waals surface area contributed by atoms with Gasteiger partial charge >= 0.3 is 5.97 Å². The molecule has 2 atom stereocenters. The molecule has 0 spiro atoms. The van der Waals surface area contributed by atoms with Gasteiger partial charge in [0.25, 0.3) is 0 Å². The molecular weight excluding hydrogens is 238 g/mol. The van der Waals surface area contributed by atoms with Crippen molar-refractivity contribution in [3.05, 3.63) is 0 Å². The molecule has 19 heavy (non-hydrogen) atoms. The summed E-state index contributed by atoms with van der Waals surface area (Å²) >= 11 is 0. The van der Waals surface area contributed by atoms with Crippen LogP contribution >= 0.6 is 0 Å². The third-order valence-electron chi connectivity index (χ3n) is 5.21. The molecule has 2 aliphatic carbocycles. The highest BCUT2D eigenvalue weighted by atomic mass is 16.4. The first-order chi connectivity index (χ1) is 9.08. The van der Waals surface area contributed by atoms with Crippen molar-refractivity contribution >= 4 is 5.97 Å². The summed E-state index contributed by atoms with van der Waals surface area (Å²) in [7, 11) is 0. The van der Waals surface area contributed by atoms with Crippen molar-refractivity contribution in [3.8, 4) is 0 Å². The first-order valence-electron chi connectivity index (χ1n) is 8.05. The van der Waals surface area contributed by atoms with E-state index in [9.17, 15) is 9.90 Å². The third-order valence-corrected chi connectivity index (χ3v) is 5.21. The SMILES string of the molecule is CC(C)C1CCCC(N(CC(=O)O)C2CCCC2)C1. The maximum atomic E-state index is 11.2. The molecule has 0 bridgehead atoms. The predicted molar refractivity (Wildman–Crippen MR) is 77.2 cm³/mol. The van der Waals surface area contributed by atoms with Gasteiger partial charge in [-0.2, -0.15) is 0 Å². The number of nitrogens with zero attached hydrogens (tertiary/aromatic N) is 1. The Hall–Kier alpha value is -0.570. The number of aliphatic carboxylic acids is 1. The molecule has 3 nitrogen and oxygen atoms in total. The number of carboxylic acid groups (broad SMARTS) is 1. The molecule has 0 aromatic heterocycles. The second-order valence-electron chi connectivity index (χ2n) is 6.83. The van der Waals surface area contributed by atoms with Crippen molar-refractivity contribution in [1.82, 2.24) is 4.90 Å². The maximum Gasteiger partial charge on any atom is 0.317 e. The van der Waals surface area contributed by atoms with E-state index >= 15 is 0 Å². The van der Waals surface area contributed by atoms with Crippen molar-refractivity contribution in [2.24, 2.45) is 11.8 Å². The number of hydrogen-bond donors (Lipinski definition) is 1. The Kier molecular flexibility index (Phi) is 5.26. The van der Waals surface area contributed by atoms with Crippen LogP contribution in [0.1, 0.15) is 65.2 Å². The zero-order valence-corrected chi connectivity index (χ0v) is 12.5. The fraction of sp³-hybridized carbons (Fsp3) is 0.938. The van der Waals surface area contributed by atoms with Gasteiger partial charge < -0.3 is 5.11 Å². The molecule has 0 aliphatic heterocycles. The lowest BCUT2D eigenvalue weighted by Gasteiger charge is -2.41. The van der Waals surface area contributed by atoms with Crippen molar-refractivity contribution in [3.63, 3.8) is 0 Å². The second-order valence-corrected chi connectivity index (χ2v) is 6.83. The molecule has 0 aromatic rings. The monoisotopic (exact) mass is 267 g/mol. The van der Waals surface area contributed by atoms with Crippen LogP contribution in [-0.4, -0.2) is 34.6 Å². The van der Waals surface area contributed by atoms with Crippen molar-refractivity contribution in [2.45, 2.75) is 77.3 Å². The Labute approximate surface area is 117 Å². The highest BCUT2D eigenvalue weighted by molar-refractivity contribution is 5.69. The summed E-state index contributed by atoms with van der Waals surface area (Å²) in [6, 6.07) is 1.05. The van der Waals surface area contributed by atoms with Crippen LogP contribution in [-0.2, 0) is 4.79 Å². The molecule has 0 heterocycles. The van der Waals surface area contributed by atoms with Gasteiger partial charge in [-0.05, 0) is 37.5 Å². The van der Waals surface area contributed by atoms with Crippen molar-refractivity contribution < 1.29 is 9.90 Å². The lowest BCUT2D eigenvalue weighted by Crippen LogP contribution is -2.47. The van der Waals surface area contributed by atoms with Crippen LogP contribution in [0, 0.1) is 11.8 Å². The summed E-state index contributed by atoms with van der Waals surface area (Å²) in [5.74, 6) is 0.869. The molecule has 2 fully saturated rings. The Balaban J connectivity index is 2.01. The van der Waals surface area contributed by atoms with Gasteiger partial charge in [-0.1, -0.05) is 39.5 Å². The molecule has 1 N–H and O–H groups in total. The fourth-order valence-corrected chi connectivity index (χ4v) is 4.06. The Bertz CT molecular complexity index is 297. The minimum atomic E-state index is -0.654. The number of carbonyl (C=O) groups is 1. The highest BCUT2D eigenvalue weighted by Gasteiger charge is 2.34. The fourth-order valence-electron chi connectivity index (χ4n) is 4.06. The van der Waals surface area contributed by atoms with Crippen LogP contribution in [0.15, 0.2) is 0 Å². The molecule has 2 rings (SSSR count). The zero-order chi connectivity index (χ0) is 13.8. The Morgan fingerprint density at radius 1 is 1.11 bits per heavy atom. The van der Waals surface area contributed by atoms with E-state index in [0.29, 0.717) is 12.1 Å². The Morgan fingerprint density at radius 2 is 1.74 bits per heavy atom. The molecule has 0 amide bonds. The van der Waals surface area contributed by atoms with E-state index in [-0.39, 0.29) is 6.54 Å². The van der Waals surface area contributed by atoms with E-state index in [2.05, 4.69) is 18.7 Å². The van der Waals surface area contributed by atoms with Gasteiger partial charge in [0.2, 0.25) is 0 Å². The molecule has 2 unspecified atom stereocenters. The number of hydrogen-bond acceptors (Lipinski definition) is 2. The number of carboxylic acids is 1. The summed E-state index contributed by atoms with van der Waals surface area (Å²) in [5.41, 5.74) is 0. The van der Waals surface area contributed by atoms with Gasteiger partial charge in [-0.15, -0.1) is 0 Å². The standard InChI is InChI=1S/C16H29NO2/c1-12(2)13-6-5-9-15(10-13)17(11-16(18)19)14-7-3-4-8-14/h12-15H,3-11H2,1-2H3,(H,18,19). The topological polar surface area (TPSA) is 40.5 Å². The number of rotatable bonds is 5. The first kappa shape index (κ1) is 14.8. The quantitative estimate of drug-likeness (QED) is 0.828. The minimum Gasteiger partial charge on any atom is -0.480 e. The third kappa shape index (κ3) is 3.95. The molecule has 0 aromatic carbocycles. The lowest BCUT2D eigenvalue weighted by molar-refractivity contribution is -0.140. The summed E-state index contributed by atoms with van der Waals surface area (Å²) in [5, 5.41) is 9.21. The molecule has 0 radical (unpaired) electrons. The molecule has 2 aliphatic rings. The van der Waals surface area contributed by atoms with Crippen molar-refractivity contribution in [1.29, 1.82) is 0 Å². The van der Waals surface area contributed by atoms with E-state index in [0.717, 1.165) is 11.8 Å². The van der Waals surface area contributed by atoms with Gasteiger partial charge in [-0.3, -0.25) is 9.69 Å². The van der Waals surface area contributed by atoms with Crippen molar-refractivity contribution in [2.75, 3.05) is 6.54 Å². The maximum absolute atomic E-state index is 11.2. The van der Waals surface area contributed by atoms with E-state index in [1.165, 1.54) is 51.4 Å². The summed E-state index contributed by atoms with van der Waals surface area (Å²) in [4.78, 5) is 13.5. The molecule has 0 saturated heterocycles. The van der Waals surface area contributed by atoms with Gasteiger partial charge in [0.15, 0.2) is 0 Å². The van der Waals surface area contributed by atoms with Crippen LogP contribution < -0.4 is 0 Å². The smallest absolute Gasteiger partial charge is 0.317 e. The lowest BCUT2D eigenvalue weighted by atomic mass is 9.78. The van der Waals surface area contributed by atoms with Gasteiger partial charge in [0.1, 0.15) is 0 Å². The zero-order valence-electron chi connectivity index (χ0n) is 12.5. The largest absolute Gasteiger partial charge is 0.480 e. The average Bonchev–Trinajstić information content (AvgIpc) is 2.89. The molecule has 110 valence electrons. The normalized spacial score (nSPS) is 29.3. The average molecular weight is 267 g/mol. The summed E-state index contributed by atoms with van der Waals surface area (Å²) in [6.07, 6.45) is 9.99. The van der Waals surface area contributed by atoms with Crippen LogP contribution in [0.4, 0.5) is 0 Å². The first-order valence-corrected chi connectivity index (χ1v) is 8.05. The molecular formula is C16H29NO2. The van der Waals surface area contributed by atoms with Gasteiger partial charge in [-0.25, -0.2) is 0 Å². The van der Waals surface area contributed by atoms with E-state index < -0.39 is 5.97 Å². The Morgan fingerprint density at radius 3 is 2.32 bits per heavy atom. The van der Waals surface area contributed by atoms with E-state index in [1.807, 2.05) is 0 Å². The van der Waals surface area contributed by atoms with Crippen LogP contribution in [0.5, 0.6) is 0 Å². The van der Waals surface area contributed by atoms with E-state index in [4.69, 9.17) is 0 Å². The minimum absolute atomic E-state index is 0.250. The molecule has 2 saturated carbocycles. The summed E-state index contributed by atoms with van der Waals surface area (Å²) < 4.78 is 0. The van der Waals surface area contributed by atoms with Crippen LogP contribution in [0.3, 0.4) is 0 Å². The van der Waals surface area contributed by atoms with E-state index in [1.54, 1.807) is 0 Å². The van der Waals surface area contributed by atoms with Crippen LogP contribution in [0.25, 0.3) is 0 Å². The summed E-state index contributed by atoms with van der Waals surface area (Å²) in [6.45, 7) is 4.87. The second kappa shape index (κ2) is 6.74. The predicted octanol–water partition coefficient (Wildman–Crippen LogP) is 3.53.